The first-order valence-corrected chi connectivity index (χ1v) is 11.6. The number of aromatic nitrogens is 1. The summed E-state index contributed by atoms with van der Waals surface area (Å²) in [7, 11) is 1.64. The Hall–Kier alpha value is -3.74. The first kappa shape index (κ1) is 24.4. The topological polar surface area (TPSA) is 70.1 Å². The van der Waals surface area contributed by atoms with Gasteiger partial charge in [0.2, 0.25) is 6.79 Å². The van der Waals surface area contributed by atoms with Gasteiger partial charge in [-0.15, -0.1) is 0 Å². The molecule has 35 heavy (non-hydrogen) atoms. The van der Waals surface area contributed by atoms with Crippen molar-refractivity contribution in [2.45, 2.75) is 53.7 Å². The number of nitrogens with zero attached hydrogens (tertiary/aromatic N) is 2. The molecule has 0 fully saturated rings. The molecule has 2 aromatic carbocycles. The molecule has 0 bridgehead atoms. The van der Waals surface area contributed by atoms with Crippen LogP contribution in [0.1, 0.15) is 43.2 Å². The van der Waals surface area contributed by atoms with Crippen LogP contribution in [0.15, 0.2) is 42.6 Å². The van der Waals surface area contributed by atoms with E-state index in [-0.39, 0.29) is 13.3 Å². The van der Waals surface area contributed by atoms with Gasteiger partial charge >= 0.3 is 6.09 Å². The quantitative estimate of drug-likeness (QED) is 0.427. The van der Waals surface area contributed by atoms with Gasteiger partial charge in [-0.25, -0.2) is 4.79 Å². The molecule has 2 heterocycles. The van der Waals surface area contributed by atoms with Crippen LogP contribution >= 0.6 is 0 Å². The zero-order valence-electron chi connectivity index (χ0n) is 21.4. The average molecular weight is 477 g/mol. The van der Waals surface area contributed by atoms with Gasteiger partial charge < -0.3 is 18.9 Å². The minimum absolute atomic E-state index is 0.219. The van der Waals surface area contributed by atoms with Gasteiger partial charge in [0.25, 0.3) is 0 Å². The van der Waals surface area contributed by atoms with Crippen molar-refractivity contribution in [2.75, 3.05) is 18.8 Å². The molecule has 3 aromatic rings. The minimum Gasteiger partial charge on any atom is -0.496 e. The third-order valence-corrected chi connectivity index (χ3v) is 5.75. The summed E-state index contributed by atoms with van der Waals surface area (Å²) in [4.78, 5) is 19.7. The molecule has 1 aromatic heterocycles. The molecule has 0 spiro atoms. The minimum atomic E-state index is -0.646. The zero-order valence-corrected chi connectivity index (χ0v) is 21.4. The van der Waals surface area contributed by atoms with Gasteiger partial charge in [0.1, 0.15) is 11.4 Å². The van der Waals surface area contributed by atoms with Crippen molar-refractivity contribution in [1.82, 2.24) is 4.98 Å². The molecule has 7 heteroatoms. The maximum Gasteiger partial charge on any atom is 0.415 e. The molecule has 0 N–H and O–H groups in total. The van der Waals surface area contributed by atoms with Crippen LogP contribution in [0.3, 0.4) is 0 Å². The molecule has 0 saturated heterocycles. The average Bonchev–Trinajstić information content (AvgIpc) is 3.25. The van der Waals surface area contributed by atoms with Crippen LogP contribution in [-0.2, 0) is 11.3 Å². The van der Waals surface area contributed by atoms with Crippen molar-refractivity contribution in [3.05, 3.63) is 65.0 Å². The van der Waals surface area contributed by atoms with Crippen molar-refractivity contribution in [1.29, 1.82) is 0 Å². The lowest BCUT2D eigenvalue weighted by Gasteiger charge is -2.28. The predicted octanol–water partition coefficient (Wildman–Crippen LogP) is 6.35. The summed E-state index contributed by atoms with van der Waals surface area (Å²) in [6.45, 7) is 11.9. The monoisotopic (exact) mass is 476 g/mol. The van der Waals surface area contributed by atoms with Crippen molar-refractivity contribution >= 4 is 11.8 Å². The molecule has 1 amide bonds. The van der Waals surface area contributed by atoms with Gasteiger partial charge in [-0.3, -0.25) is 9.88 Å². The number of benzene rings is 2. The number of carbonyl (C=O) groups is 1. The summed E-state index contributed by atoms with van der Waals surface area (Å²) < 4.78 is 22.4. The van der Waals surface area contributed by atoms with Crippen LogP contribution in [0, 0.1) is 20.8 Å². The van der Waals surface area contributed by atoms with E-state index in [1.807, 2.05) is 71.9 Å². The molecular formula is C28H32N2O5. The van der Waals surface area contributed by atoms with E-state index in [1.54, 1.807) is 18.2 Å². The largest absolute Gasteiger partial charge is 0.496 e. The highest BCUT2D eigenvalue weighted by molar-refractivity contribution is 5.89. The second-order valence-corrected chi connectivity index (χ2v) is 9.74. The number of fused-ring (bicyclic) bond motifs is 1. The maximum absolute atomic E-state index is 13.4. The second kappa shape index (κ2) is 9.49. The van der Waals surface area contributed by atoms with Crippen molar-refractivity contribution in [3.8, 4) is 28.4 Å². The van der Waals surface area contributed by atoms with Gasteiger partial charge in [-0.1, -0.05) is 12.1 Å². The Labute approximate surface area is 206 Å². The van der Waals surface area contributed by atoms with Gasteiger partial charge in [0, 0.05) is 23.0 Å². The predicted molar refractivity (Wildman–Crippen MR) is 135 cm³/mol. The molecule has 0 unspecified atom stereocenters. The van der Waals surface area contributed by atoms with Crippen LogP contribution in [0.25, 0.3) is 11.1 Å². The number of methoxy groups -OCH3 is 1. The van der Waals surface area contributed by atoms with Crippen molar-refractivity contribution in [2.24, 2.45) is 0 Å². The first-order chi connectivity index (χ1) is 16.6. The molecule has 0 radical (unpaired) electrons. The standard InChI is InChI=1S/C28H32N2O5/c1-17-10-21(20-8-9-24-25(13-20)34-16-33-24)12-22(11-17)30(27(31)35-28(4,5)6)15-23-19(3)26(32-7)18(2)14-29-23/h8-14H,15-16H2,1-7H3. The lowest BCUT2D eigenvalue weighted by molar-refractivity contribution is 0.0577. The van der Waals surface area contributed by atoms with Gasteiger partial charge in [-0.05, 0) is 82.5 Å². The Balaban J connectivity index is 1.77. The molecule has 0 aliphatic carbocycles. The van der Waals surface area contributed by atoms with Gasteiger partial charge in [0.05, 0.1) is 19.3 Å². The SMILES string of the molecule is COc1c(C)cnc(CN(C(=O)OC(C)(C)C)c2cc(C)cc(-c3ccc4c(c3)OCO4)c2)c1C. The third-order valence-electron chi connectivity index (χ3n) is 5.75. The first-order valence-electron chi connectivity index (χ1n) is 11.6. The fraction of sp³-hybridized carbons (Fsp3) is 0.357. The zero-order chi connectivity index (χ0) is 25.3. The number of rotatable bonds is 5. The normalized spacial score (nSPS) is 12.4. The van der Waals surface area contributed by atoms with E-state index in [0.29, 0.717) is 11.4 Å². The Morgan fingerprint density at radius 1 is 1.03 bits per heavy atom. The van der Waals surface area contributed by atoms with E-state index in [2.05, 4.69) is 11.1 Å². The molecule has 7 nitrogen and oxygen atoms in total. The number of pyridine rings is 1. The molecule has 184 valence electrons. The molecule has 1 aliphatic rings. The molecule has 4 rings (SSSR count). The molecule has 0 saturated carbocycles. The Morgan fingerprint density at radius 2 is 1.77 bits per heavy atom. The van der Waals surface area contributed by atoms with Crippen molar-refractivity contribution < 1.29 is 23.7 Å². The summed E-state index contributed by atoms with van der Waals surface area (Å²) in [6, 6.07) is 11.9. The summed E-state index contributed by atoms with van der Waals surface area (Å²) in [5.41, 5.74) is 5.58. The Morgan fingerprint density at radius 3 is 2.49 bits per heavy atom. The summed E-state index contributed by atoms with van der Waals surface area (Å²) >= 11 is 0. The Bertz CT molecular complexity index is 1260. The summed E-state index contributed by atoms with van der Waals surface area (Å²) in [5, 5.41) is 0. The van der Waals surface area contributed by atoms with Crippen LogP contribution < -0.4 is 19.1 Å². The van der Waals surface area contributed by atoms with E-state index < -0.39 is 11.7 Å². The lowest BCUT2D eigenvalue weighted by atomic mass is 10.0. The highest BCUT2D eigenvalue weighted by Crippen LogP contribution is 2.37. The number of ether oxygens (including phenoxy) is 4. The van der Waals surface area contributed by atoms with Crippen LogP contribution in [-0.4, -0.2) is 30.6 Å². The van der Waals surface area contributed by atoms with Crippen LogP contribution in [0.4, 0.5) is 10.5 Å². The molecule has 0 atom stereocenters. The maximum atomic E-state index is 13.4. The van der Waals surface area contributed by atoms with Crippen LogP contribution in [0.2, 0.25) is 0 Å². The van der Waals surface area contributed by atoms with E-state index >= 15 is 0 Å². The number of carbonyl (C=O) groups excluding carboxylic acids is 1. The Kier molecular flexibility index (Phi) is 6.61. The highest BCUT2D eigenvalue weighted by atomic mass is 16.7. The van der Waals surface area contributed by atoms with Gasteiger partial charge in [0.15, 0.2) is 11.5 Å². The van der Waals surface area contributed by atoms with Crippen molar-refractivity contribution in [3.63, 3.8) is 0 Å². The number of hydrogen-bond acceptors (Lipinski definition) is 6. The second-order valence-electron chi connectivity index (χ2n) is 9.74. The molecular weight excluding hydrogens is 444 g/mol. The van der Waals surface area contributed by atoms with E-state index in [4.69, 9.17) is 18.9 Å². The summed E-state index contributed by atoms with van der Waals surface area (Å²) in [6.07, 6.45) is 1.32. The fourth-order valence-electron chi connectivity index (χ4n) is 4.12. The van der Waals surface area contributed by atoms with Crippen LogP contribution in [0.5, 0.6) is 17.2 Å². The molecule has 1 aliphatic heterocycles. The van der Waals surface area contributed by atoms with E-state index in [0.717, 1.165) is 45.0 Å². The number of anilines is 1. The summed E-state index contributed by atoms with van der Waals surface area (Å²) in [5.74, 6) is 2.21. The number of aryl methyl sites for hydroxylation is 2. The fourth-order valence-corrected chi connectivity index (χ4v) is 4.12. The van der Waals surface area contributed by atoms with Gasteiger partial charge in [-0.2, -0.15) is 0 Å². The number of amides is 1. The smallest absolute Gasteiger partial charge is 0.415 e. The number of hydrogen-bond donors (Lipinski definition) is 0. The van der Waals surface area contributed by atoms with E-state index in [9.17, 15) is 4.79 Å². The highest BCUT2D eigenvalue weighted by Gasteiger charge is 2.26. The van der Waals surface area contributed by atoms with E-state index in [1.165, 1.54) is 0 Å². The lowest BCUT2D eigenvalue weighted by Crippen LogP contribution is -2.37. The third kappa shape index (κ3) is 5.34.